The molecular weight excluding hydrogens is 509 g/mol. The second-order valence-electron chi connectivity index (χ2n) is 7.48. The second-order valence-corrected chi connectivity index (χ2v) is 9.35. The molecule has 3 rings (SSSR count). The van der Waals surface area contributed by atoms with Gasteiger partial charge in [-0.3, -0.25) is 9.59 Å². The van der Waals surface area contributed by atoms with E-state index in [1.165, 1.54) is 30.0 Å². The highest BCUT2D eigenvalue weighted by atomic mass is 35.5. The number of carboxylic acid groups (broad SMARTS) is 1. The van der Waals surface area contributed by atoms with Gasteiger partial charge >= 0.3 is 5.97 Å². The van der Waals surface area contributed by atoms with Gasteiger partial charge in [0, 0.05) is 35.0 Å². The van der Waals surface area contributed by atoms with E-state index in [2.05, 4.69) is 5.32 Å². The zero-order chi connectivity index (χ0) is 24.8. The van der Waals surface area contributed by atoms with Crippen LogP contribution in [0.1, 0.15) is 18.4 Å². The molecule has 2 aromatic carbocycles. The molecule has 0 bridgehead atoms. The zero-order valence-corrected chi connectivity index (χ0v) is 20.0. The van der Waals surface area contributed by atoms with Gasteiger partial charge in [0.15, 0.2) is 0 Å². The van der Waals surface area contributed by atoms with Crippen molar-refractivity contribution < 1.29 is 28.3 Å². The monoisotopic (exact) mass is 528 g/mol. The Morgan fingerprint density at radius 2 is 1.74 bits per heavy atom. The van der Waals surface area contributed by atoms with Gasteiger partial charge in [-0.2, -0.15) is 0 Å². The first-order valence-corrected chi connectivity index (χ1v) is 11.8. The number of hydrogen-bond donors (Lipinski definition) is 2. The van der Waals surface area contributed by atoms with Crippen molar-refractivity contribution in [3.05, 3.63) is 63.9 Å². The van der Waals surface area contributed by atoms with Crippen LogP contribution < -0.4 is 5.32 Å². The third-order valence-electron chi connectivity index (χ3n) is 5.12. The smallest absolute Gasteiger partial charge is 0.348 e. The maximum absolute atomic E-state index is 13.2. The number of halogens is 4. The van der Waals surface area contributed by atoms with Crippen molar-refractivity contribution in [2.45, 2.75) is 34.8 Å². The Kier molecular flexibility index (Phi) is 8.93. The molecule has 11 heteroatoms. The summed E-state index contributed by atoms with van der Waals surface area (Å²) in [6.45, 7) is 0.639. The van der Waals surface area contributed by atoms with E-state index in [1.54, 1.807) is 35.2 Å². The largest absolute Gasteiger partial charge is 0.479 e. The first-order valence-electron chi connectivity index (χ1n) is 10.2. The Hall–Kier alpha value is -2.62. The van der Waals surface area contributed by atoms with Gasteiger partial charge in [0.05, 0.1) is 10.0 Å². The van der Waals surface area contributed by atoms with Crippen molar-refractivity contribution in [3.8, 4) is 0 Å². The second kappa shape index (κ2) is 11.7. The molecule has 1 unspecified atom stereocenters. The van der Waals surface area contributed by atoms with Crippen LogP contribution in [0.2, 0.25) is 10.0 Å². The third-order valence-corrected chi connectivity index (χ3v) is 7.20. The van der Waals surface area contributed by atoms with Crippen LogP contribution in [0, 0.1) is 5.82 Å². The van der Waals surface area contributed by atoms with E-state index >= 15 is 0 Å². The van der Waals surface area contributed by atoms with Gasteiger partial charge in [-0.05, 0) is 54.8 Å². The maximum atomic E-state index is 13.2. The average molecular weight is 529 g/mol. The van der Waals surface area contributed by atoms with Gasteiger partial charge in [-0.15, -0.1) is 0 Å². The first kappa shape index (κ1) is 26.0. The van der Waals surface area contributed by atoms with E-state index in [9.17, 15) is 23.2 Å². The molecule has 0 saturated carbocycles. The van der Waals surface area contributed by atoms with Gasteiger partial charge in [0.1, 0.15) is 5.82 Å². The summed E-state index contributed by atoms with van der Waals surface area (Å²) in [7, 11) is 0. The fraction of sp³-hybridized carbons (Fsp3) is 0.261. The molecule has 0 aromatic heterocycles. The van der Waals surface area contributed by atoms with Gasteiger partial charge in [0.25, 0.3) is 12.1 Å². The molecule has 6 nitrogen and oxygen atoms in total. The standard InChI is InChI=1S/C23H20Cl2F2N2O4S/c24-19-13(1-7-17(20(19)25)34-16-5-3-14(26)4-6-16)2-8-18(30)29-11-9-15(10-12-29)28-22(31)21(27)23(32)33/h1-8,15,21H,9-12H2,(H,28,31)(H,32,33). The normalized spacial score (nSPS) is 15.4. The molecule has 180 valence electrons. The summed E-state index contributed by atoms with van der Waals surface area (Å²) >= 11 is 14.1. The summed E-state index contributed by atoms with van der Waals surface area (Å²) in [6, 6.07) is 9.05. The Bertz CT molecular complexity index is 1110. The van der Waals surface area contributed by atoms with Gasteiger partial charge in [-0.25, -0.2) is 13.6 Å². The average Bonchev–Trinajstić information content (AvgIpc) is 2.82. The van der Waals surface area contributed by atoms with Gasteiger partial charge in [0.2, 0.25) is 5.91 Å². The van der Waals surface area contributed by atoms with Crippen LogP contribution in [0.5, 0.6) is 0 Å². The summed E-state index contributed by atoms with van der Waals surface area (Å²) in [4.78, 5) is 37.6. The van der Waals surface area contributed by atoms with Crippen LogP contribution in [-0.4, -0.2) is 53.1 Å². The van der Waals surface area contributed by atoms with E-state index < -0.39 is 24.1 Å². The van der Waals surface area contributed by atoms with Crippen molar-refractivity contribution in [3.63, 3.8) is 0 Å². The first-order chi connectivity index (χ1) is 16.2. The molecule has 1 heterocycles. The maximum Gasteiger partial charge on any atom is 0.348 e. The lowest BCUT2D eigenvalue weighted by Crippen LogP contribution is -2.49. The van der Waals surface area contributed by atoms with Crippen LogP contribution >= 0.6 is 35.0 Å². The summed E-state index contributed by atoms with van der Waals surface area (Å²) in [5, 5.41) is 11.5. The number of likely N-dealkylation sites (tertiary alicyclic amines) is 1. The molecule has 34 heavy (non-hydrogen) atoms. The summed E-state index contributed by atoms with van der Waals surface area (Å²) in [5.74, 6) is -3.63. The number of benzene rings is 2. The molecular formula is C23H20Cl2F2N2O4S. The molecule has 2 amide bonds. The Morgan fingerprint density at radius 1 is 1.09 bits per heavy atom. The quantitative estimate of drug-likeness (QED) is 0.397. The fourth-order valence-corrected chi connectivity index (χ4v) is 4.71. The molecule has 1 atom stereocenters. The number of carbonyl (C=O) groups is 3. The van der Waals surface area contributed by atoms with E-state index in [-0.39, 0.29) is 16.7 Å². The Morgan fingerprint density at radius 3 is 2.35 bits per heavy atom. The molecule has 1 saturated heterocycles. The number of carboxylic acids is 1. The molecule has 1 aliphatic rings. The number of piperidine rings is 1. The van der Waals surface area contributed by atoms with Crippen LogP contribution in [0.25, 0.3) is 6.08 Å². The van der Waals surface area contributed by atoms with Crippen molar-refractivity contribution in [1.29, 1.82) is 0 Å². The van der Waals surface area contributed by atoms with Crippen molar-refractivity contribution in [2.75, 3.05) is 13.1 Å². The number of amides is 2. The minimum atomic E-state index is -2.61. The summed E-state index contributed by atoms with van der Waals surface area (Å²) < 4.78 is 26.3. The molecule has 2 aromatic rings. The number of nitrogens with zero attached hydrogens (tertiary/aromatic N) is 1. The van der Waals surface area contributed by atoms with Gasteiger partial charge in [-0.1, -0.05) is 41.0 Å². The Labute approximate surface area is 208 Å². The van der Waals surface area contributed by atoms with Gasteiger partial charge < -0.3 is 15.3 Å². The number of alkyl halides is 1. The molecule has 2 N–H and O–H groups in total. The van der Waals surface area contributed by atoms with E-state index in [0.29, 0.717) is 41.4 Å². The highest BCUT2D eigenvalue weighted by Gasteiger charge is 2.29. The van der Waals surface area contributed by atoms with E-state index in [0.717, 1.165) is 4.90 Å². The molecule has 1 fully saturated rings. The minimum Gasteiger partial charge on any atom is -0.479 e. The predicted octanol–water partition coefficient (Wildman–Crippen LogP) is 4.83. The number of hydrogen-bond acceptors (Lipinski definition) is 4. The number of carbonyl (C=O) groups excluding carboxylic acids is 2. The van der Waals surface area contributed by atoms with E-state index in [4.69, 9.17) is 28.3 Å². The summed E-state index contributed by atoms with van der Waals surface area (Å²) in [5.41, 5.74) is 0.549. The number of aliphatic carboxylic acids is 1. The zero-order valence-electron chi connectivity index (χ0n) is 17.6. The highest BCUT2D eigenvalue weighted by Crippen LogP contribution is 2.39. The van der Waals surface area contributed by atoms with Crippen molar-refractivity contribution >= 4 is 58.8 Å². The van der Waals surface area contributed by atoms with Crippen LogP contribution in [0.3, 0.4) is 0 Å². The van der Waals surface area contributed by atoms with E-state index in [1.807, 2.05) is 0 Å². The van der Waals surface area contributed by atoms with Crippen LogP contribution in [0.4, 0.5) is 8.78 Å². The summed E-state index contributed by atoms with van der Waals surface area (Å²) in [6.07, 6.45) is 1.06. The molecule has 0 radical (unpaired) electrons. The number of rotatable bonds is 7. The molecule has 0 aliphatic carbocycles. The topological polar surface area (TPSA) is 86.7 Å². The Balaban J connectivity index is 1.56. The lowest BCUT2D eigenvalue weighted by atomic mass is 10.0. The van der Waals surface area contributed by atoms with Crippen molar-refractivity contribution in [2.24, 2.45) is 0 Å². The predicted molar refractivity (Wildman–Crippen MR) is 126 cm³/mol. The fourth-order valence-electron chi connectivity index (χ4n) is 3.28. The highest BCUT2D eigenvalue weighted by molar-refractivity contribution is 7.99. The van der Waals surface area contributed by atoms with Crippen molar-refractivity contribution in [1.82, 2.24) is 10.2 Å². The lowest BCUT2D eigenvalue weighted by Gasteiger charge is -2.31. The lowest BCUT2D eigenvalue weighted by molar-refractivity contribution is -0.148. The van der Waals surface area contributed by atoms with Crippen LogP contribution in [0.15, 0.2) is 52.3 Å². The molecule has 0 spiro atoms. The SMILES string of the molecule is O=C(O)C(F)C(=O)NC1CCN(C(=O)C=Cc2ccc(Sc3ccc(F)cc3)c(Cl)c2Cl)CC1. The number of nitrogens with one attached hydrogen (secondary N) is 1. The molecule has 1 aliphatic heterocycles. The van der Waals surface area contributed by atoms with Crippen LogP contribution in [-0.2, 0) is 14.4 Å². The minimum absolute atomic E-state index is 0.268. The third kappa shape index (κ3) is 6.71.